The largest absolute Gasteiger partial charge is 0.871 e. The zero-order chi connectivity index (χ0) is 18.3. The smallest absolute Gasteiger partial charge is 0.199 e. The summed E-state index contributed by atoms with van der Waals surface area (Å²) in [6, 6.07) is 4.50. The number of allylic oxidation sites excluding steroid dienone is 7. The molecule has 0 saturated heterocycles. The van der Waals surface area contributed by atoms with Crippen LogP contribution < -0.4 is 10.0 Å². The number of Topliss-reactive ketones (excluding diaryl/α,β-unsaturated/α-hetero) is 1. The SMILES string of the molecule is CN(C)c1ccc(C2=C([O-])C(=C3C=CC(=[N+](C)C)C=C3)C2=O)c(F)c1. The van der Waals surface area contributed by atoms with Crippen molar-refractivity contribution in [2.45, 2.75) is 0 Å². The average molecular weight is 338 g/mol. The summed E-state index contributed by atoms with van der Waals surface area (Å²) in [6.45, 7) is 0. The Hall–Kier alpha value is -2.95. The topological polar surface area (TPSA) is 46.4 Å². The molecule has 1 aromatic rings. The van der Waals surface area contributed by atoms with Crippen molar-refractivity contribution in [1.82, 2.24) is 0 Å². The van der Waals surface area contributed by atoms with Gasteiger partial charge in [-0.15, -0.1) is 0 Å². The predicted octanol–water partition coefficient (Wildman–Crippen LogP) is 1.68. The van der Waals surface area contributed by atoms with Gasteiger partial charge in [0.15, 0.2) is 11.5 Å². The second-order valence-electron chi connectivity index (χ2n) is 6.41. The second kappa shape index (κ2) is 6.16. The lowest BCUT2D eigenvalue weighted by Crippen LogP contribution is -2.30. The minimum atomic E-state index is -0.565. The molecule has 0 heterocycles. The fraction of sp³-hybridized carbons (Fsp3) is 0.200. The van der Waals surface area contributed by atoms with Gasteiger partial charge in [0, 0.05) is 48.6 Å². The van der Waals surface area contributed by atoms with Gasteiger partial charge < -0.3 is 10.0 Å². The number of ketones is 1. The van der Waals surface area contributed by atoms with Crippen molar-refractivity contribution < 1.29 is 18.9 Å². The van der Waals surface area contributed by atoms with E-state index < -0.39 is 17.4 Å². The highest BCUT2D eigenvalue weighted by molar-refractivity contribution is 6.39. The number of rotatable bonds is 2. The molecule has 0 amide bonds. The Morgan fingerprint density at radius 3 is 2.16 bits per heavy atom. The van der Waals surface area contributed by atoms with Gasteiger partial charge in [0.05, 0.1) is 0 Å². The Morgan fingerprint density at radius 1 is 1.04 bits per heavy atom. The van der Waals surface area contributed by atoms with Gasteiger partial charge in [-0.2, -0.15) is 0 Å². The van der Waals surface area contributed by atoms with Crippen molar-refractivity contribution in [3.8, 4) is 0 Å². The number of halogens is 1. The fourth-order valence-electron chi connectivity index (χ4n) is 2.81. The molecular formula is C20H19FN2O2. The van der Waals surface area contributed by atoms with Crippen molar-refractivity contribution in [3.63, 3.8) is 0 Å². The van der Waals surface area contributed by atoms with Crippen LogP contribution in [-0.2, 0) is 4.79 Å². The standard InChI is InChI=1S/C20H19FN2O2/c1-22(2)13-7-5-12(6-8-13)17-19(24)18(20(17)25)15-10-9-14(23(3)4)11-16(15)21/h5-11H,1-4H3. The molecule has 128 valence electrons. The van der Waals surface area contributed by atoms with Gasteiger partial charge in [-0.3, -0.25) is 4.79 Å². The summed E-state index contributed by atoms with van der Waals surface area (Å²) in [5.74, 6) is -1.37. The van der Waals surface area contributed by atoms with E-state index in [9.17, 15) is 14.3 Å². The summed E-state index contributed by atoms with van der Waals surface area (Å²) < 4.78 is 16.3. The van der Waals surface area contributed by atoms with E-state index in [1.807, 2.05) is 30.8 Å². The first-order valence-corrected chi connectivity index (χ1v) is 7.89. The summed E-state index contributed by atoms with van der Waals surface area (Å²) in [6.07, 6.45) is 7.16. The summed E-state index contributed by atoms with van der Waals surface area (Å²) in [4.78, 5) is 14.2. The molecule has 2 aliphatic rings. The summed E-state index contributed by atoms with van der Waals surface area (Å²) in [5, 5.41) is 12.5. The maximum atomic E-state index is 14.3. The second-order valence-corrected chi connectivity index (χ2v) is 6.41. The molecule has 25 heavy (non-hydrogen) atoms. The van der Waals surface area contributed by atoms with Gasteiger partial charge in [-0.25, -0.2) is 8.97 Å². The number of nitrogens with zero attached hydrogens (tertiary/aromatic N) is 2. The van der Waals surface area contributed by atoms with Crippen LogP contribution in [0.1, 0.15) is 5.56 Å². The van der Waals surface area contributed by atoms with Crippen molar-refractivity contribution in [3.05, 3.63) is 70.8 Å². The Balaban J connectivity index is 2.01. The third-order valence-electron chi connectivity index (χ3n) is 4.32. The zero-order valence-electron chi connectivity index (χ0n) is 14.6. The van der Waals surface area contributed by atoms with Crippen LogP contribution in [0.2, 0.25) is 0 Å². The van der Waals surface area contributed by atoms with E-state index in [2.05, 4.69) is 0 Å². The normalized spacial score (nSPS) is 16.5. The van der Waals surface area contributed by atoms with Crippen LogP contribution in [0.25, 0.3) is 5.57 Å². The first-order valence-electron chi connectivity index (χ1n) is 7.89. The lowest BCUT2D eigenvalue weighted by Gasteiger charge is -2.32. The van der Waals surface area contributed by atoms with Gasteiger partial charge in [0.25, 0.3) is 0 Å². The molecule has 5 heteroatoms. The molecule has 4 nitrogen and oxygen atoms in total. The molecule has 3 rings (SSSR count). The Kier molecular flexibility index (Phi) is 4.17. The van der Waals surface area contributed by atoms with Crippen LogP contribution in [0.3, 0.4) is 0 Å². The molecule has 0 aliphatic heterocycles. The highest BCUT2D eigenvalue weighted by Crippen LogP contribution is 2.38. The van der Waals surface area contributed by atoms with Gasteiger partial charge >= 0.3 is 0 Å². The number of benzene rings is 1. The molecule has 1 aromatic carbocycles. The van der Waals surface area contributed by atoms with E-state index in [-0.39, 0.29) is 16.7 Å². The number of anilines is 1. The van der Waals surface area contributed by atoms with Crippen LogP contribution >= 0.6 is 0 Å². The van der Waals surface area contributed by atoms with E-state index >= 15 is 0 Å². The van der Waals surface area contributed by atoms with E-state index in [0.717, 1.165) is 5.71 Å². The maximum absolute atomic E-state index is 14.3. The van der Waals surface area contributed by atoms with Gasteiger partial charge in [-0.05, 0) is 35.9 Å². The van der Waals surface area contributed by atoms with E-state index in [1.165, 1.54) is 12.1 Å². The minimum Gasteiger partial charge on any atom is -0.871 e. The number of hydrogen-bond donors (Lipinski definition) is 0. The van der Waals surface area contributed by atoms with Crippen molar-refractivity contribution >= 4 is 22.8 Å². The first-order chi connectivity index (χ1) is 11.8. The number of carbonyl (C=O) groups excluding carboxylic acids is 1. The van der Waals surface area contributed by atoms with E-state index in [4.69, 9.17) is 0 Å². The summed E-state index contributed by atoms with van der Waals surface area (Å²) >= 11 is 0. The first kappa shape index (κ1) is 16.9. The monoisotopic (exact) mass is 338 g/mol. The molecule has 0 bridgehead atoms. The number of carbonyl (C=O) groups is 1. The molecule has 0 N–H and O–H groups in total. The van der Waals surface area contributed by atoms with Gasteiger partial charge in [0.2, 0.25) is 0 Å². The number of hydrogen-bond acceptors (Lipinski definition) is 3. The third kappa shape index (κ3) is 2.82. The van der Waals surface area contributed by atoms with Crippen LogP contribution in [0.15, 0.2) is 59.4 Å². The van der Waals surface area contributed by atoms with Crippen LogP contribution in [0, 0.1) is 5.82 Å². The summed E-state index contributed by atoms with van der Waals surface area (Å²) in [5.41, 5.74) is 2.32. The van der Waals surface area contributed by atoms with E-state index in [0.29, 0.717) is 11.3 Å². The molecule has 0 fully saturated rings. The summed E-state index contributed by atoms with van der Waals surface area (Å²) in [7, 11) is 7.41. The van der Waals surface area contributed by atoms with Crippen molar-refractivity contribution in [2.75, 3.05) is 33.1 Å². The third-order valence-corrected chi connectivity index (χ3v) is 4.32. The van der Waals surface area contributed by atoms with E-state index in [1.54, 1.807) is 37.2 Å². The maximum Gasteiger partial charge on any atom is 0.199 e. The molecule has 0 radical (unpaired) electrons. The average Bonchev–Trinajstić information content (AvgIpc) is 2.57. The highest BCUT2D eigenvalue weighted by atomic mass is 19.1. The highest BCUT2D eigenvalue weighted by Gasteiger charge is 2.32. The van der Waals surface area contributed by atoms with Gasteiger partial charge in [-0.1, -0.05) is 5.76 Å². The Morgan fingerprint density at radius 2 is 1.68 bits per heavy atom. The van der Waals surface area contributed by atoms with Crippen molar-refractivity contribution in [2.24, 2.45) is 0 Å². The molecule has 0 saturated carbocycles. The van der Waals surface area contributed by atoms with Crippen LogP contribution in [0.5, 0.6) is 0 Å². The zero-order valence-corrected chi connectivity index (χ0v) is 14.6. The molecule has 0 atom stereocenters. The molecule has 0 unspecified atom stereocenters. The van der Waals surface area contributed by atoms with Crippen LogP contribution in [-0.4, -0.2) is 44.3 Å². The molecule has 2 aliphatic carbocycles. The van der Waals surface area contributed by atoms with Gasteiger partial charge in [0.1, 0.15) is 19.9 Å². The van der Waals surface area contributed by atoms with Crippen molar-refractivity contribution in [1.29, 1.82) is 0 Å². The fourth-order valence-corrected chi connectivity index (χ4v) is 2.81. The molecular weight excluding hydrogens is 319 g/mol. The van der Waals surface area contributed by atoms with Crippen LogP contribution in [0.4, 0.5) is 10.1 Å². The molecule has 0 aromatic heterocycles. The Labute approximate surface area is 146 Å². The lowest BCUT2D eigenvalue weighted by atomic mass is 9.80. The lowest BCUT2D eigenvalue weighted by molar-refractivity contribution is -0.462. The quantitative estimate of drug-likeness (QED) is 0.609. The Bertz CT molecular complexity index is 909. The predicted molar refractivity (Wildman–Crippen MR) is 95.1 cm³/mol. The minimum absolute atomic E-state index is 0.0641. The molecule has 0 spiro atoms.